The van der Waals surface area contributed by atoms with Crippen molar-refractivity contribution in [3.63, 3.8) is 0 Å². The topological polar surface area (TPSA) is 87.0 Å². The predicted molar refractivity (Wildman–Crippen MR) is 113 cm³/mol. The number of piperidine rings is 1. The summed E-state index contributed by atoms with van der Waals surface area (Å²) in [4.78, 5) is 17.4. The van der Waals surface area contributed by atoms with Crippen molar-refractivity contribution >= 4 is 21.6 Å². The van der Waals surface area contributed by atoms with Crippen LogP contribution in [0.25, 0.3) is 0 Å². The molecule has 3 heterocycles. The van der Waals surface area contributed by atoms with E-state index in [-0.39, 0.29) is 29.0 Å². The van der Waals surface area contributed by atoms with Gasteiger partial charge in [0.15, 0.2) is 5.76 Å². The Bertz CT molecular complexity index is 978. The number of carbonyl (C=O) groups excluding carboxylic acids is 1. The smallest absolute Gasteiger partial charge is 0.248 e. The molecular formula is C21H28N4O4S. The van der Waals surface area contributed by atoms with Gasteiger partial charge >= 0.3 is 0 Å². The van der Waals surface area contributed by atoms with Gasteiger partial charge in [0.05, 0.1) is 5.92 Å². The van der Waals surface area contributed by atoms with E-state index >= 15 is 0 Å². The maximum Gasteiger partial charge on any atom is 0.248 e. The van der Waals surface area contributed by atoms with Crippen molar-refractivity contribution in [3.05, 3.63) is 41.8 Å². The molecule has 30 heavy (non-hydrogen) atoms. The van der Waals surface area contributed by atoms with E-state index in [9.17, 15) is 13.2 Å². The van der Waals surface area contributed by atoms with Gasteiger partial charge in [-0.25, -0.2) is 8.42 Å². The lowest BCUT2D eigenvalue weighted by Crippen LogP contribution is -2.53. The second kappa shape index (κ2) is 8.39. The summed E-state index contributed by atoms with van der Waals surface area (Å²) in [7, 11) is -3.72. The summed E-state index contributed by atoms with van der Waals surface area (Å²) in [6.45, 7) is 6.73. The van der Waals surface area contributed by atoms with Gasteiger partial charge < -0.3 is 14.3 Å². The van der Waals surface area contributed by atoms with Crippen LogP contribution < -0.4 is 4.90 Å². The molecule has 2 aliphatic heterocycles. The fraction of sp³-hybridized carbons (Fsp3) is 0.524. The van der Waals surface area contributed by atoms with Crippen LogP contribution in [0.5, 0.6) is 0 Å². The van der Waals surface area contributed by atoms with Crippen LogP contribution in [0, 0.1) is 19.8 Å². The maximum absolute atomic E-state index is 13.1. The summed E-state index contributed by atoms with van der Waals surface area (Å²) in [6.07, 6.45) is 1.38. The summed E-state index contributed by atoms with van der Waals surface area (Å²) < 4.78 is 32.7. The Morgan fingerprint density at radius 3 is 2.40 bits per heavy atom. The van der Waals surface area contributed by atoms with E-state index in [1.165, 1.54) is 9.99 Å². The van der Waals surface area contributed by atoms with Crippen molar-refractivity contribution in [1.29, 1.82) is 0 Å². The number of rotatable bonds is 4. The molecule has 0 N–H and O–H groups in total. The van der Waals surface area contributed by atoms with Gasteiger partial charge in [0, 0.05) is 45.0 Å². The molecule has 1 atom stereocenters. The van der Waals surface area contributed by atoms with Gasteiger partial charge in [-0.3, -0.25) is 4.79 Å². The van der Waals surface area contributed by atoms with Crippen molar-refractivity contribution in [2.24, 2.45) is 5.92 Å². The Balaban J connectivity index is 1.41. The van der Waals surface area contributed by atoms with E-state index < -0.39 is 10.0 Å². The number of aromatic nitrogens is 1. The number of aryl methyl sites for hydroxylation is 2. The highest BCUT2D eigenvalue weighted by Gasteiger charge is 2.38. The maximum atomic E-state index is 13.1. The lowest BCUT2D eigenvalue weighted by atomic mass is 9.97. The van der Waals surface area contributed by atoms with Crippen molar-refractivity contribution < 1.29 is 17.7 Å². The summed E-state index contributed by atoms with van der Waals surface area (Å²) in [5.74, 6) is 0.0385. The Kier molecular flexibility index (Phi) is 5.84. The molecule has 2 aliphatic rings. The van der Waals surface area contributed by atoms with Crippen LogP contribution in [-0.2, 0) is 14.8 Å². The van der Waals surface area contributed by atoms with Gasteiger partial charge in [0.25, 0.3) is 0 Å². The van der Waals surface area contributed by atoms with E-state index in [1.807, 2.05) is 23.1 Å². The number of sulfonamides is 1. The molecule has 2 aromatic rings. The molecule has 2 fully saturated rings. The van der Waals surface area contributed by atoms with Crippen LogP contribution in [0.3, 0.4) is 0 Å². The summed E-state index contributed by atoms with van der Waals surface area (Å²) >= 11 is 0. The second-order valence-electron chi connectivity index (χ2n) is 8.00. The van der Waals surface area contributed by atoms with Crippen LogP contribution >= 0.6 is 0 Å². The molecule has 0 radical (unpaired) electrons. The number of para-hydroxylation sites is 1. The Morgan fingerprint density at radius 2 is 1.77 bits per heavy atom. The number of carbonyl (C=O) groups is 1. The number of hydrogen-bond acceptors (Lipinski definition) is 6. The first-order valence-electron chi connectivity index (χ1n) is 10.4. The third kappa shape index (κ3) is 3.96. The molecule has 1 aromatic heterocycles. The molecule has 2 saturated heterocycles. The van der Waals surface area contributed by atoms with E-state index in [2.05, 4.69) is 22.2 Å². The lowest BCUT2D eigenvalue weighted by Gasteiger charge is -2.39. The molecule has 8 nitrogen and oxygen atoms in total. The van der Waals surface area contributed by atoms with E-state index in [0.29, 0.717) is 38.2 Å². The first-order valence-corrected chi connectivity index (χ1v) is 11.8. The largest absolute Gasteiger partial charge is 0.368 e. The molecule has 162 valence electrons. The molecule has 9 heteroatoms. The van der Waals surface area contributed by atoms with Crippen molar-refractivity contribution in [3.8, 4) is 0 Å². The third-order valence-electron chi connectivity index (χ3n) is 6.01. The van der Waals surface area contributed by atoms with Crippen molar-refractivity contribution in [2.45, 2.75) is 31.6 Å². The molecule has 1 amide bonds. The minimum Gasteiger partial charge on any atom is -0.368 e. The number of benzene rings is 1. The SMILES string of the molecule is Cc1noc(C)c1S(=O)(=O)N1CCCC(C(=O)N2CCN(c3ccccc3)CC2)C1. The molecule has 1 aromatic carbocycles. The highest BCUT2D eigenvalue weighted by atomic mass is 32.2. The zero-order valence-corrected chi connectivity index (χ0v) is 18.3. The fourth-order valence-corrected chi connectivity index (χ4v) is 6.23. The fourth-order valence-electron chi connectivity index (χ4n) is 4.42. The average molecular weight is 433 g/mol. The molecule has 0 bridgehead atoms. The molecule has 4 rings (SSSR count). The zero-order valence-electron chi connectivity index (χ0n) is 17.5. The van der Waals surface area contributed by atoms with Gasteiger partial charge in [-0.15, -0.1) is 0 Å². The predicted octanol–water partition coefficient (Wildman–Crippen LogP) is 2.04. The van der Waals surface area contributed by atoms with Gasteiger partial charge in [0.2, 0.25) is 15.9 Å². The summed E-state index contributed by atoms with van der Waals surface area (Å²) in [6, 6.07) is 10.2. The lowest BCUT2D eigenvalue weighted by molar-refractivity contribution is -0.137. The number of amides is 1. The highest BCUT2D eigenvalue weighted by molar-refractivity contribution is 7.89. The van der Waals surface area contributed by atoms with Crippen molar-refractivity contribution in [1.82, 2.24) is 14.4 Å². The van der Waals surface area contributed by atoms with Crippen LogP contribution in [-0.4, -0.2) is 68.0 Å². The summed E-state index contributed by atoms with van der Waals surface area (Å²) in [5.41, 5.74) is 1.52. The quantitative estimate of drug-likeness (QED) is 0.735. The summed E-state index contributed by atoms with van der Waals surface area (Å²) in [5, 5.41) is 3.78. The van der Waals surface area contributed by atoms with Crippen LogP contribution in [0.15, 0.2) is 39.8 Å². The Morgan fingerprint density at radius 1 is 1.07 bits per heavy atom. The normalized spacial score (nSPS) is 21.1. The Hall–Kier alpha value is -2.39. The van der Waals surface area contributed by atoms with Crippen LogP contribution in [0.1, 0.15) is 24.3 Å². The number of piperazine rings is 1. The minimum atomic E-state index is -3.72. The first kappa shape index (κ1) is 20.9. The first-order chi connectivity index (χ1) is 14.4. The van der Waals surface area contributed by atoms with Crippen LogP contribution in [0.4, 0.5) is 5.69 Å². The van der Waals surface area contributed by atoms with Gasteiger partial charge in [-0.1, -0.05) is 23.4 Å². The molecular weight excluding hydrogens is 404 g/mol. The molecule has 0 saturated carbocycles. The molecule has 1 unspecified atom stereocenters. The monoisotopic (exact) mass is 432 g/mol. The molecule has 0 spiro atoms. The van der Waals surface area contributed by atoms with E-state index in [4.69, 9.17) is 4.52 Å². The van der Waals surface area contributed by atoms with Gasteiger partial charge in [-0.05, 0) is 38.8 Å². The van der Waals surface area contributed by atoms with E-state index in [0.717, 1.165) is 13.1 Å². The highest BCUT2D eigenvalue weighted by Crippen LogP contribution is 2.29. The average Bonchev–Trinajstić information content (AvgIpc) is 3.12. The zero-order chi connectivity index (χ0) is 21.3. The number of anilines is 1. The number of nitrogens with zero attached hydrogens (tertiary/aromatic N) is 4. The van der Waals surface area contributed by atoms with Gasteiger partial charge in [0.1, 0.15) is 10.6 Å². The Labute approximate surface area is 177 Å². The minimum absolute atomic E-state index is 0.0568. The van der Waals surface area contributed by atoms with Gasteiger partial charge in [-0.2, -0.15) is 4.31 Å². The van der Waals surface area contributed by atoms with Crippen LogP contribution in [0.2, 0.25) is 0 Å². The standard InChI is InChI=1S/C21H28N4O4S/c1-16-20(17(2)29-22-16)30(27,28)25-10-6-7-18(15-25)21(26)24-13-11-23(12-14-24)19-8-4-3-5-9-19/h3-5,8-9,18H,6-7,10-15H2,1-2H3. The van der Waals surface area contributed by atoms with Crippen molar-refractivity contribution in [2.75, 3.05) is 44.2 Å². The van der Waals surface area contributed by atoms with E-state index in [1.54, 1.807) is 13.8 Å². The number of hydrogen-bond donors (Lipinski definition) is 0. The molecule has 0 aliphatic carbocycles. The third-order valence-corrected chi connectivity index (χ3v) is 8.12. The second-order valence-corrected chi connectivity index (χ2v) is 9.88.